The number of esters is 1. The molecule has 0 aromatic carbocycles. The van der Waals surface area contributed by atoms with Crippen molar-refractivity contribution in [3.8, 4) is 0 Å². The Morgan fingerprint density at radius 1 is 1.75 bits per heavy atom. The molecule has 0 spiro atoms. The summed E-state index contributed by atoms with van der Waals surface area (Å²) in [6.45, 7) is 5.46. The largest absolute Gasteiger partial charge is 0.479 e. The van der Waals surface area contributed by atoms with Gasteiger partial charge in [-0.05, 0) is 6.92 Å². The molecule has 0 radical (unpaired) electrons. The lowest BCUT2D eigenvalue weighted by atomic mass is 10.3. The van der Waals surface area contributed by atoms with Crippen LogP contribution < -0.4 is 0 Å². The van der Waals surface area contributed by atoms with Gasteiger partial charge >= 0.3 is 5.97 Å². The maximum atomic E-state index is 8.55. The van der Waals surface area contributed by atoms with Crippen LogP contribution in [-0.4, -0.2) is 16.9 Å². The fourth-order valence-electron chi connectivity index (χ4n) is 0.374. The molecule has 0 bridgehead atoms. The predicted molar refractivity (Wildman–Crippen MR) is 33.5 cm³/mol. The summed E-state index contributed by atoms with van der Waals surface area (Å²) in [5, 5.41) is 0. The fourth-order valence-corrected chi connectivity index (χ4v) is 0.374. The molecule has 1 atom stereocenters. The second kappa shape index (κ2) is 3.47. The van der Waals surface area contributed by atoms with Crippen LogP contribution in [0.3, 0.4) is 0 Å². The lowest BCUT2D eigenvalue weighted by Gasteiger charge is -1.97. The van der Waals surface area contributed by atoms with Crippen molar-refractivity contribution in [2.45, 2.75) is 33.3 Å². The van der Waals surface area contributed by atoms with Crippen LogP contribution in [0.15, 0.2) is 0 Å². The summed E-state index contributed by atoms with van der Waals surface area (Å²) in [4.78, 5) is 8.55. The smallest absolute Gasteiger partial charge is 0.339 e. The van der Waals surface area contributed by atoms with Gasteiger partial charge in [0.05, 0.1) is 6.92 Å². The van der Waals surface area contributed by atoms with E-state index in [0.717, 1.165) is 6.42 Å². The fraction of sp³-hybridized carbons (Fsp3) is 0.833. The Labute approximate surface area is 49.8 Å². The Kier molecular flexibility index (Phi) is 3.24. The van der Waals surface area contributed by atoms with Crippen LogP contribution in [0.1, 0.15) is 27.2 Å². The molecule has 8 heavy (non-hydrogen) atoms. The molecule has 0 aliphatic carbocycles. The van der Waals surface area contributed by atoms with Crippen LogP contribution in [-0.2, 0) is 4.74 Å². The van der Waals surface area contributed by atoms with Crippen LogP contribution in [0.4, 0.5) is 0 Å². The Bertz CT molecular complexity index is 78.6. The molecular formula is C6H13O2+. The molecular weight excluding hydrogens is 104 g/mol. The van der Waals surface area contributed by atoms with Crippen molar-refractivity contribution in [1.29, 1.82) is 0 Å². The van der Waals surface area contributed by atoms with E-state index in [0.29, 0.717) is 0 Å². The molecule has 0 rings (SSSR count). The highest BCUT2D eigenvalue weighted by Crippen LogP contribution is 1.94. The van der Waals surface area contributed by atoms with E-state index < -0.39 is 0 Å². The topological polar surface area (TPSA) is 30.6 Å². The molecule has 0 aromatic rings. The number of hydrogen-bond donors (Lipinski definition) is 0. The minimum absolute atomic E-state index is 0.0550. The zero-order chi connectivity index (χ0) is 6.57. The zero-order valence-corrected chi connectivity index (χ0v) is 5.64. The van der Waals surface area contributed by atoms with Crippen LogP contribution >= 0.6 is 0 Å². The molecule has 0 saturated heterocycles. The molecule has 0 saturated carbocycles. The number of ether oxygens (including phenoxy) is 1. The Morgan fingerprint density at radius 3 is 2.38 bits per heavy atom. The van der Waals surface area contributed by atoms with Crippen LogP contribution in [0.5, 0.6) is 0 Å². The second-order valence-electron chi connectivity index (χ2n) is 1.86. The minimum Gasteiger partial charge on any atom is -0.339 e. The molecule has 2 heteroatoms. The summed E-state index contributed by atoms with van der Waals surface area (Å²) in [6.07, 6.45) is 1.07. The molecule has 0 fully saturated rings. The first kappa shape index (κ1) is 7.47. The Balaban J connectivity index is 3.24. The maximum Gasteiger partial charge on any atom is 0.479 e. The average Bonchev–Trinajstić information content (AvgIpc) is 1.65. The lowest BCUT2D eigenvalue weighted by molar-refractivity contribution is 0.182. The van der Waals surface area contributed by atoms with Gasteiger partial charge in [-0.3, -0.25) is 0 Å². The van der Waals surface area contributed by atoms with Crippen LogP contribution in [0.25, 0.3) is 0 Å². The van der Waals surface area contributed by atoms with Gasteiger partial charge in [0.15, 0.2) is 6.10 Å². The lowest BCUT2D eigenvalue weighted by Crippen LogP contribution is -2.10. The van der Waals surface area contributed by atoms with E-state index in [9.17, 15) is 0 Å². The molecule has 0 aliphatic rings. The van der Waals surface area contributed by atoms with E-state index in [1.54, 1.807) is 0 Å². The predicted octanol–water partition coefficient (Wildman–Crippen LogP) is 1.32. The Morgan fingerprint density at radius 2 is 2.25 bits per heavy atom. The van der Waals surface area contributed by atoms with E-state index in [1.165, 1.54) is 6.92 Å². The third-order valence-electron chi connectivity index (χ3n) is 0.947. The first-order valence-electron chi connectivity index (χ1n) is 2.86. The number of rotatable bonds is 2. The summed E-state index contributed by atoms with van der Waals surface area (Å²) >= 11 is 0. The van der Waals surface area contributed by atoms with Gasteiger partial charge in [0.2, 0.25) is 0 Å². The molecule has 0 aromatic heterocycles. The van der Waals surface area contributed by atoms with Gasteiger partial charge < -0.3 is 9.53 Å². The van der Waals surface area contributed by atoms with Crippen molar-refractivity contribution in [3.05, 3.63) is 0 Å². The summed E-state index contributed by atoms with van der Waals surface area (Å²) in [5.74, 6) is 0.0550. The first-order chi connectivity index (χ1) is 3.66. The summed E-state index contributed by atoms with van der Waals surface area (Å²) in [7, 11) is 0. The highest BCUT2D eigenvalue weighted by molar-refractivity contribution is 5.67. The molecule has 48 valence electrons. The number of hydrogen-bond acceptors (Lipinski definition) is 1. The van der Waals surface area contributed by atoms with Crippen molar-refractivity contribution in [2.75, 3.05) is 0 Å². The van der Waals surface area contributed by atoms with Crippen molar-refractivity contribution < 1.29 is 9.53 Å². The molecule has 0 aliphatic heterocycles. The van der Waals surface area contributed by atoms with Gasteiger partial charge in [-0.1, -0.05) is 6.92 Å². The van der Waals surface area contributed by atoms with E-state index in [1.807, 2.05) is 13.8 Å². The van der Waals surface area contributed by atoms with Gasteiger partial charge in [-0.15, -0.1) is 0 Å². The summed E-state index contributed by atoms with van der Waals surface area (Å²) in [5.41, 5.74) is 0. The molecule has 0 amide bonds. The van der Waals surface area contributed by atoms with Crippen LogP contribution in [0.2, 0.25) is 0 Å². The van der Waals surface area contributed by atoms with Gasteiger partial charge in [0.25, 0.3) is 0 Å². The monoisotopic (exact) mass is 117 g/mol. The Hall–Kier alpha value is -0.530. The molecule has 2 nitrogen and oxygen atoms in total. The van der Waals surface area contributed by atoms with Gasteiger partial charge in [-0.25, -0.2) is 0 Å². The van der Waals surface area contributed by atoms with Crippen molar-refractivity contribution >= 4 is 5.97 Å². The summed E-state index contributed by atoms with van der Waals surface area (Å²) < 4.78 is 4.87. The van der Waals surface area contributed by atoms with Crippen molar-refractivity contribution in [1.82, 2.24) is 0 Å². The summed E-state index contributed by atoms with van der Waals surface area (Å²) in [6, 6.07) is 0. The normalized spacial score (nSPS) is 12.9. The van der Waals surface area contributed by atoms with Crippen molar-refractivity contribution in [3.63, 3.8) is 0 Å². The molecule has 0 unspecified atom stereocenters. The maximum absolute atomic E-state index is 8.55. The highest BCUT2D eigenvalue weighted by atomic mass is 16.5. The second-order valence-corrected chi connectivity index (χ2v) is 1.86. The third-order valence-corrected chi connectivity index (χ3v) is 0.947. The SMILES string of the molecule is CC[C@@H](C)OC(C)=[OH+]. The molecule has 0 heterocycles. The van der Waals surface area contributed by atoms with Gasteiger partial charge in [0.1, 0.15) is 0 Å². The van der Waals surface area contributed by atoms with Gasteiger partial charge in [0, 0.05) is 6.42 Å². The van der Waals surface area contributed by atoms with Crippen LogP contribution in [0, 0.1) is 0 Å². The number of carbonyl (C=O) groups excluding carboxylic acids is 1. The quantitative estimate of drug-likeness (QED) is 0.396. The van der Waals surface area contributed by atoms with E-state index >= 15 is 0 Å². The average molecular weight is 117 g/mol. The van der Waals surface area contributed by atoms with E-state index in [4.69, 9.17) is 9.53 Å². The van der Waals surface area contributed by atoms with E-state index in [-0.39, 0.29) is 12.1 Å². The zero-order valence-electron chi connectivity index (χ0n) is 5.64. The van der Waals surface area contributed by atoms with Gasteiger partial charge in [-0.2, -0.15) is 0 Å². The first-order valence-corrected chi connectivity index (χ1v) is 2.86. The van der Waals surface area contributed by atoms with E-state index in [2.05, 4.69) is 0 Å². The standard InChI is InChI=1S/C6H12O2/c1-4-5(2)8-6(3)7/h5H,4H2,1-3H3/p+1/t5-/m1/s1. The highest BCUT2D eigenvalue weighted by Gasteiger charge is 2.08. The molecule has 1 N–H and O–H groups in total. The third kappa shape index (κ3) is 3.65. The van der Waals surface area contributed by atoms with Crippen molar-refractivity contribution in [2.24, 2.45) is 0 Å². The minimum atomic E-state index is 0.0550.